The molecule has 0 aliphatic carbocycles. The topological polar surface area (TPSA) is 35.6 Å². The molecule has 1 saturated heterocycles. The third-order valence-corrected chi connectivity index (χ3v) is 3.78. The number of carbonyl (C=O) groups excluding carboxylic acids is 1. The number of piperidine rings is 1. The molecule has 1 heterocycles. The van der Waals surface area contributed by atoms with E-state index in [1.165, 1.54) is 24.9 Å². The van der Waals surface area contributed by atoms with Crippen LogP contribution in [-0.2, 0) is 4.79 Å². The van der Waals surface area contributed by atoms with Crippen LogP contribution in [0, 0.1) is 0 Å². The Kier molecular flexibility index (Phi) is 4.88. The van der Waals surface area contributed by atoms with Crippen molar-refractivity contribution < 1.29 is 4.79 Å². The van der Waals surface area contributed by atoms with Crippen molar-refractivity contribution in [2.75, 3.05) is 37.4 Å². The molecule has 0 bridgehead atoms. The fourth-order valence-corrected chi connectivity index (χ4v) is 2.62. The number of hydrogen-bond donors (Lipinski definition) is 1. The molecule has 0 saturated carbocycles. The summed E-state index contributed by atoms with van der Waals surface area (Å²) in [6.07, 6.45) is 3.92. The van der Waals surface area contributed by atoms with Crippen molar-refractivity contribution in [1.29, 1.82) is 0 Å². The Labute approximate surface area is 121 Å². The van der Waals surface area contributed by atoms with Crippen LogP contribution in [-0.4, -0.2) is 44.0 Å². The molecule has 110 valence electrons. The lowest BCUT2D eigenvalue weighted by Gasteiger charge is -2.29. The average molecular weight is 275 g/mol. The standard InChI is InChI=1S/C16H25N3O/c1-13(16(20)18(2)3)17-14-7-9-15(10-8-14)19-11-5-4-6-12-19/h7-10,13,17H,4-6,11-12H2,1-3H3. The lowest BCUT2D eigenvalue weighted by Crippen LogP contribution is -2.36. The predicted molar refractivity (Wildman–Crippen MR) is 84.3 cm³/mol. The minimum atomic E-state index is -0.203. The quantitative estimate of drug-likeness (QED) is 0.917. The molecule has 1 fully saturated rings. The van der Waals surface area contributed by atoms with Gasteiger partial charge in [0.05, 0.1) is 0 Å². The molecular formula is C16H25N3O. The van der Waals surface area contributed by atoms with Crippen LogP contribution in [0.4, 0.5) is 11.4 Å². The molecule has 1 amide bonds. The van der Waals surface area contributed by atoms with Gasteiger partial charge in [-0.15, -0.1) is 0 Å². The Balaban J connectivity index is 1.95. The summed E-state index contributed by atoms with van der Waals surface area (Å²) in [5.74, 6) is 0.0881. The van der Waals surface area contributed by atoms with Gasteiger partial charge in [0, 0.05) is 38.6 Å². The average Bonchev–Trinajstić information content (AvgIpc) is 2.48. The second kappa shape index (κ2) is 6.64. The van der Waals surface area contributed by atoms with Crippen LogP contribution in [0.5, 0.6) is 0 Å². The minimum Gasteiger partial charge on any atom is -0.374 e. The molecule has 1 aliphatic rings. The fraction of sp³-hybridized carbons (Fsp3) is 0.562. The van der Waals surface area contributed by atoms with Crippen molar-refractivity contribution in [2.45, 2.75) is 32.2 Å². The van der Waals surface area contributed by atoms with Crippen LogP contribution >= 0.6 is 0 Å². The molecule has 1 aliphatic heterocycles. The van der Waals surface area contributed by atoms with Gasteiger partial charge in [-0.3, -0.25) is 4.79 Å². The summed E-state index contributed by atoms with van der Waals surface area (Å²) in [6, 6.07) is 8.19. The van der Waals surface area contributed by atoms with Crippen LogP contribution in [0.3, 0.4) is 0 Å². The number of carbonyl (C=O) groups is 1. The van der Waals surface area contributed by atoms with Crippen molar-refractivity contribution in [3.63, 3.8) is 0 Å². The lowest BCUT2D eigenvalue weighted by molar-refractivity contribution is -0.129. The van der Waals surface area contributed by atoms with E-state index in [0.29, 0.717) is 0 Å². The first kappa shape index (κ1) is 14.7. The molecule has 0 spiro atoms. The van der Waals surface area contributed by atoms with Gasteiger partial charge < -0.3 is 15.1 Å². The van der Waals surface area contributed by atoms with Gasteiger partial charge in [-0.25, -0.2) is 0 Å². The van der Waals surface area contributed by atoms with Crippen LogP contribution in [0.15, 0.2) is 24.3 Å². The van der Waals surface area contributed by atoms with Crippen molar-refractivity contribution in [1.82, 2.24) is 4.90 Å². The number of benzene rings is 1. The first-order chi connectivity index (χ1) is 9.58. The number of likely N-dealkylation sites (N-methyl/N-ethyl adjacent to an activating group) is 1. The highest BCUT2D eigenvalue weighted by Crippen LogP contribution is 2.22. The molecule has 1 N–H and O–H groups in total. The maximum Gasteiger partial charge on any atom is 0.244 e. The molecule has 1 aromatic rings. The first-order valence-electron chi connectivity index (χ1n) is 7.40. The van der Waals surface area contributed by atoms with Crippen LogP contribution < -0.4 is 10.2 Å². The number of anilines is 2. The highest BCUT2D eigenvalue weighted by atomic mass is 16.2. The molecule has 1 atom stereocenters. The third kappa shape index (κ3) is 3.65. The van der Waals surface area contributed by atoms with Crippen LogP contribution in [0.2, 0.25) is 0 Å². The summed E-state index contributed by atoms with van der Waals surface area (Å²) in [7, 11) is 3.56. The van der Waals surface area contributed by atoms with Crippen molar-refractivity contribution in [3.05, 3.63) is 24.3 Å². The van der Waals surface area contributed by atoms with E-state index in [1.807, 2.05) is 6.92 Å². The summed E-state index contributed by atoms with van der Waals surface area (Å²) in [4.78, 5) is 15.9. The van der Waals surface area contributed by atoms with E-state index in [2.05, 4.69) is 34.5 Å². The molecule has 0 aromatic heterocycles. The molecule has 2 rings (SSSR count). The highest BCUT2D eigenvalue weighted by molar-refractivity contribution is 5.83. The molecular weight excluding hydrogens is 250 g/mol. The summed E-state index contributed by atoms with van der Waals surface area (Å²) >= 11 is 0. The Bertz CT molecular complexity index is 436. The number of nitrogens with one attached hydrogen (secondary N) is 1. The summed E-state index contributed by atoms with van der Waals surface area (Å²) in [5.41, 5.74) is 2.27. The van der Waals surface area contributed by atoms with E-state index in [0.717, 1.165) is 18.8 Å². The van der Waals surface area contributed by atoms with E-state index in [4.69, 9.17) is 0 Å². The van der Waals surface area contributed by atoms with Gasteiger partial charge in [-0.05, 0) is 50.5 Å². The summed E-state index contributed by atoms with van der Waals surface area (Å²) in [5, 5.41) is 3.24. The Morgan fingerprint density at radius 2 is 1.75 bits per heavy atom. The minimum absolute atomic E-state index is 0.0881. The molecule has 0 radical (unpaired) electrons. The normalized spacial score (nSPS) is 16.6. The molecule has 1 aromatic carbocycles. The Hall–Kier alpha value is -1.71. The monoisotopic (exact) mass is 275 g/mol. The van der Waals surface area contributed by atoms with Crippen molar-refractivity contribution in [3.8, 4) is 0 Å². The SMILES string of the molecule is CC(Nc1ccc(N2CCCCC2)cc1)C(=O)N(C)C. The van der Waals surface area contributed by atoms with Gasteiger partial charge in [0.25, 0.3) is 0 Å². The molecule has 1 unspecified atom stereocenters. The van der Waals surface area contributed by atoms with Gasteiger partial charge in [0.2, 0.25) is 5.91 Å². The number of rotatable bonds is 4. The second-order valence-electron chi connectivity index (χ2n) is 5.69. The van der Waals surface area contributed by atoms with Gasteiger partial charge >= 0.3 is 0 Å². The number of nitrogens with zero attached hydrogens (tertiary/aromatic N) is 2. The third-order valence-electron chi connectivity index (χ3n) is 3.78. The molecule has 4 heteroatoms. The van der Waals surface area contributed by atoms with Gasteiger partial charge in [-0.2, -0.15) is 0 Å². The van der Waals surface area contributed by atoms with Crippen LogP contribution in [0.25, 0.3) is 0 Å². The van der Waals surface area contributed by atoms with E-state index in [-0.39, 0.29) is 11.9 Å². The van der Waals surface area contributed by atoms with E-state index >= 15 is 0 Å². The van der Waals surface area contributed by atoms with E-state index < -0.39 is 0 Å². The van der Waals surface area contributed by atoms with Gasteiger partial charge in [0.15, 0.2) is 0 Å². The Morgan fingerprint density at radius 1 is 1.15 bits per heavy atom. The highest BCUT2D eigenvalue weighted by Gasteiger charge is 2.15. The second-order valence-corrected chi connectivity index (χ2v) is 5.69. The number of hydrogen-bond acceptors (Lipinski definition) is 3. The Morgan fingerprint density at radius 3 is 2.30 bits per heavy atom. The van der Waals surface area contributed by atoms with E-state index in [9.17, 15) is 4.79 Å². The largest absolute Gasteiger partial charge is 0.374 e. The maximum atomic E-state index is 11.8. The van der Waals surface area contributed by atoms with Crippen molar-refractivity contribution in [2.24, 2.45) is 0 Å². The van der Waals surface area contributed by atoms with Crippen molar-refractivity contribution >= 4 is 17.3 Å². The van der Waals surface area contributed by atoms with Gasteiger partial charge in [-0.1, -0.05) is 0 Å². The smallest absolute Gasteiger partial charge is 0.244 e. The van der Waals surface area contributed by atoms with Gasteiger partial charge in [0.1, 0.15) is 6.04 Å². The summed E-state index contributed by atoms with van der Waals surface area (Å²) < 4.78 is 0. The lowest BCUT2D eigenvalue weighted by atomic mass is 10.1. The first-order valence-corrected chi connectivity index (χ1v) is 7.40. The molecule has 20 heavy (non-hydrogen) atoms. The number of amides is 1. The zero-order chi connectivity index (χ0) is 14.5. The fourth-order valence-electron chi connectivity index (χ4n) is 2.62. The zero-order valence-corrected chi connectivity index (χ0v) is 12.7. The maximum absolute atomic E-state index is 11.8. The predicted octanol–water partition coefficient (Wildman–Crippen LogP) is 2.57. The van der Waals surface area contributed by atoms with Crippen LogP contribution in [0.1, 0.15) is 26.2 Å². The molecule has 4 nitrogen and oxygen atoms in total. The van der Waals surface area contributed by atoms with E-state index in [1.54, 1.807) is 19.0 Å². The summed E-state index contributed by atoms with van der Waals surface area (Å²) in [6.45, 7) is 4.20. The zero-order valence-electron chi connectivity index (χ0n) is 12.7.